The molecule has 8 nitrogen and oxygen atoms in total. The molecule has 0 bridgehead atoms. The van der Waals surface area contributed by atoms with Crippen molar-refractivity contribution < 1.29 is 13.9 Å². The second-order valence-electron chi connectivity index (χ2n) is 5.78. The maximum absolute atomic E-state index is 14.8. The summed E-state index contributed by atoms with van der Waals surface area (Å²) >= 11 is 5.07. The Kier molecular flexibility index (Phi) is 4.91. The molecule has 3 rings (SSSR count). The van der Waals surface area contributed by atoms with E-state index in [1.54, 1.807) is 0 Å². The number of fused-ring (bicyclic) bond motifs is 1. The number of benzene rings is 1. The molecular formula is C18H13FN4O4S. The smallest absolute Gasteiger partial charge is 0.340 e. The zero-order valence-electron chi connectivity index (χ0n) is 14.6. The highest BCUT2D eigenvalue weighted by Gasteiger charge is 2.28. The summed E-state index contributed by atoms with van der Waals surface area (Å²) in [5, 5.41) is 0. The first-order valence-electron chi connectivity index (χ1n) is 7.88. The third-order valence-corrected chi connectivity index (χ3v) is 4.62. The van der Waals surface area contributed by atoms with Gasteiger partial charge in [0.2, 0.25) is 0 Å². The quantitative estimate of drug-likeness (QED) is 0.543. The number of aromatic nitrogens is 3. The summed E-state index contributed by atoms with van der Waals surface area (Å²) in [5.41, 5.74) is -2.01. The molecule has 1 aliphatic heterocycles. The van der Waals surface area contributed by atoms with E-state index < -0.39 is 23.1 Å². The molecule has 142 valence electrons. The number of nitrogens with zero attached hydrogens (tertiary/aromatic N) is 4. The second kappa shape index (κ2) is 7.18. The summed E-state index contributed by atoms with van der Waals surface area (Å²) in [6.07, 6.45) is 10.6. The molecule has 0 saturated carbocycles. The van der Waals surface area contributed by atoms with Crippen LogP contribution >= 0.6 is 12.2 Å². The van der Waals surface area contributed by atoms with Gasteiger partial charge in [-0.2, -0.15) is 0 Å². The van der Waals surface area contributed by atoms with E-state index in [4.69, 9.17) is 29.8 Å². The standard InChI is InChI=1S/C18H13FN4O4S/c1-4-6-21-13-9-12(11(19)8-14(13)27-10-15(21)24)23-16(25)20(3)18(28)22(7-5-2)17(23)26/h1-2,8-9H,6-7,10H2,3H3. The molecule has 1 amide bonds. The van der Waals surface area contributed by atoms with Gasteiger partial charge < -0.3 is 4.74 Å². The Bertz CT molecular complexity index is 1260. The highest BCUT2D eigenvalue weighted by atomic mass is 32.1. The van der Waals surface area contributed by atoms with Crippen LogP contribution in [0.3, 0.4) is 0 Å². The van der Waals surface area contributed by atoms with Crippen LogP contribution in [0.25, 0.3) is 5.69 Å². The second-order valence-corrected chi connectivity index (χ2v) is 6.14. The van der Waals surface area contributed by atoms with Crippen LogP contribution in [0.1, 0.15) is 0 Å². The van der Waals surface area contributed by atoms with Crippen molar-refractivity contribution in [3.05, 3.63) is 43.7 Å². The lowest BCUT2D eigenvalue weighted by Crippen LogP contribution is -2.45. The molecule has 0 saturated heterocycles. The van der Waals surface area contributed by atoms with Crippen LogP contribution in [0.15, 0.2) is 21.7 Å². The minimum atomic E-state index is -0.906. The molecule has 2 aromatic rings. The zero-order chi connectivity index (χ0) is 20.6. The van der Waals surface area contributed by atoms with Crippen molar-refractivity contribution >= 4 is 23.8 Å². The molecule has 0 unspecified atom stereocenters. The SMILES string of the molecule is C#CCN1C(=O)COc2cc(F)c(-n3c(=O)n(C)c(=S)n(CC#C)c3=O)cc21. The first-order chi connectivity index (χ1) is 13.3. The molecule has 1 aromatic heterocycles. The van der Waals surface area contributed by atoms with Gasteiger partial charge in [-0.25, -0.2) is 18.5 Å². The lowest BCUT2D eigenvalue weighted by atomic mass is 10.2. The monoisotopic (exact) mass is 400 g/mol. The summed E-state index contributed by atoms with van der Waals surface area (Å²) in [7, 11) is 1.33. The van der Waals surface area contributed by atoms with Crippen LogP contribution < -0.4 is 21.0 Å². The molecule has 0 aliphatic carbocycles. The summed E-state index contributed by atoms with van der Waals surface area (Å²) in [5.74, 6) is 3.32. The van der Waals surface area contributed by atoms with Crippen molar-refractivity contribution in [1.29, 1.82) is 0 Å². The van der Waals surface area contributed by atoms with Gasteiger partial charge in [0, 0.05) is 13.1 Å². The number of carbonyl (C=O) groups is 1. The largest absolute Gasteiger partial charge is 0.481 e. The number of hydrogen-bond donors (Lipinski definition) is 0. The zero-order valence-corrected chi connectivity index (χ0v) is 15.5. The molecule has 1 aromatic carbocycles. The molecule has 28 heavy (non-hydrogen) atoms. The van der Waals surface area contributed by atoms with Gasteiger partial charge in [0.1, 0.15) is 5.75 Å². The van der Waals surface area contributed by atoms with Crippen LogP contribution in [0.2, 0.25) is 0 Å². The van der Waals surface area contributed by atoms with Crippen molar-refractivity contribution in [3.8, 4) is 36.1 Å². The van der Waals surface area contributed by atoms with Gasteiger partial charge in [0.15, 0.2) is 17.2 Å². The molecular weight excluding hydrogens is 387 g/mol. The Morgan fingerprint density at radius 2 is 1.82 bits per heavy atom. The number of anilines is 1. The number of terminal acetylenes is 2. The fraction of sp³-hybridized carbons (Fsp3) is 0.222. The maximum atomic E-state index is 14.8. The summed E-state index contributed by atoms with van der Waals surface area (Å²) < 4.78 is 22.5. The van der Waals surface area contributed by atoms with E-state index in [1.165, 1.54) is 11.9 Å². The molecule has 0 atom stereocenters. The topological polar surface area (TPSA) is 78.5 Å². The van der Waals surface area contributed by atoms with Gasteiger partial charge in [0.05, 0.1) is 24.5 Å². The van der Waals surface area contributed by atoms with Crippen LogP contribution in [-0.2, 0) is 18.4 Å². The summed E-state index contributed by atoms with van der Waals surface area (Å²) in [6, 6.07) is 2.14. The number of amides is 1. The molecule has 0 radical (unpaired) electrons. The molecule has 0 N–H and O–H groups in total. The Morgan fingerprint density at radius 1 is 1.14 bits per heavy atom. The molecule has 10 heteroatoms. The van der Waals surface area contributed by atoms with Crippen molar-refractivity contribution in [2.24, 2.45) is 7.05 Å². The van der Waals surface area contributed by atoms with E-state index in [9.17, 15) is 18.8 Å². The van der Waals surface area contributed by atoms with Crippen molar-refractivity contribution in [2.45, 2.75) is 6.54 Å². The average Bonchev–Trinajstić information content (AvgIpc) is 2.67. The first kappa shape index (κ1) is 19.1. The summed E-state index contributed by atoms with van der Waals surface area (Å²) in [4.78, 5) is 38.7. The van der Waals surface area contributed by atoms with Crippen LogP contribution in [-0.4, -0.2) is 32.8 Å². The number of rotatable bonds is 3. The Labute approximate surface area is 163 Å². The highest BCUT2D eigenvalue weighted by Crippen LogP contribution is 2.35. The van der Waals surface area contributed by atoms with Gasteiger partial charge in [-0.15, -0.1) is 12.8 Å². The highest BCUT2D eigenvalue weighted by molar-refractivity contribution is 7.71. The normalized spacial score (nSPS) is 12.7. The van der Waals surface area contributed by atoms with Crippen LogP contribution in [0.4, 0.5) is 10.1 Å². The third kappa shape index (κ3) is 2.90. The lowest BCUT2D eigenvalue weighted by Gasteiger charge is -2.28. The van der Waals surface area contributed by atoms with E-state index in [2.05, 4.69) is 11.8 Å². The van der Waals surface area contributed by atoms with E-state index >= 15 is 0 Å². The number of hydrogen-bond acceptors (Lipinski definition) is 5. The van der Waals surface area contributed by atoms with E-state index in [-0.39, 0.29) is 41.6 Å². The number of halogens is 1. The van der Waals surface area contributed by atoms with Gasteiger partial charge >= 0.3 is 11.4 Å². The Hall–Kier alpha value is -3.63. The Morgan fingerprint density at radius 3 is 2.46 bits per heavy atom. The first-order valence-corrected chi connectivity index (χ1v) is 8.29. The molecule has 0 spiro atoms. The van der Waals surface area contributed by atoms with E-state index in [0.29, 0.717) is 4.57 Å². The predicted molar refractivity (Wildman–Crippen MR) is 102 cm³/mol. The van der Waals surface area contributed by atoms with Crippen molar-refractivity contribution in [2.75, 3.05) is 18.1 Å². The van der Waals surface area contributed by atoms with Crippen molar-refractivity contribution in [3.63, 3.8) is 0 Å². The fourth-order valence-electron chi connectivity index (χ4n) is 2.78. The van der Waals surface area contributed by atoms with Crippen LogP contribution in [0.5, 0.6) is 5.75 Å². The van der Waals surface area contributed by atoms with Gasteiger partial charge in [-0.05, 0) is 18.3 Å². The van der Waals surface area contributed by atoms with Crippen molar-refractivity contribution in [1.82, 2.24) is 13.7 Å². The molecule has 1 aliphatic rings. The van der Waals surface area contributed by atoms with Gasteiger partial charge in [0.25, 0.3) is 5.91 Å². The minimum Gasteiger partial charge on any atom is -0.481 e. The average molecular weight is 400 g/mol. The molecule has 0 fully saturated rings. The predicted octanol–water partition coefficient (Wildman–Crippen LogP) is 0.198. The van der Waals surface area contributed by atoms with Crippen LogP contribution in [0, 0.1) is 35.3 Å². The van der Waals surface area contributed by atoms with Gasteiger partial charge in [-0.3, -0.25) is 18.8 Å². The van der Waals surface area contributed by atoms with E-state index in [1.807, 2.05) is 0 Å². The summed E-state index contributed by atoms with van der Waals surface area (Å²) in [6.45, 7) is -0.597. The number of carbonyl (C=O) groups excluding carboxylic acids is 1. The third-order valence-electron chi connectivity index (χ3n) is 4.13. The molecule has 2 heterocycles. The number of ether oxygens (including phenoxy) is 1. The fourth-order valence-corrected chi connectivity index (χ4v) is 3.00. The Balaban J connectivity index is 2.36. The lowest BCUT2D eigenvalue weighted by molar-refractivity contribution is -0.121. The van der Waals surface area contributed by atoms with Gasteiger partial charge in [-0.1, -0.05) is 11.8 Å². The minimum absolute atomic E-state index is 0.0670. The maximum Gasteiger partial charge on any atom is 0.340 e. The van der Waals surface area contributed by atoms with E-state index in [0.717, 1.165) is 21.3 Å².